The number of piperazine rings is 1. The molecule has 11 heteroatoms. The Morgan fingerprint density at radius 3 is 2.50 bits per heavy atom. The third-order valence-corrected chi connectivity index (χ3v) is 6.18. The molecule has 34 heavy (non-hydrogen) atoms. The van der Waals surface area contributed by atoms with Crippen molar-refractivity contribution < 1.29 is 27.4 Å². The van der Waals surface area contributed by atoms with Crippen molar-refractivity contribution >= 4 is 40.4 Å². The Morgan fingerprint density at radius 1 is 1.18 bits per heavy atom. The number of alkyl halides is 3. The molecule has 0 radical (unpaired) electrons. The zero-order chi connectivity index (χ0) is 24.9. The maximum atomic E-state index is 12.9. The molecule has 0 spiro atoms. The maximum Gasteiger partial charge on any atom is 0.416 e. The van der Waals surface area contributed by atoms with E-state index in [1.165, 1.54) is 19.2 Å². The number of methoxy groups -OCH3 is 1. The number of carbonyl (C=O) groups is 1. The van der Waals surface area contributed by atoms with Crippen molar-refractivity contribution in [1.29, 1.82) is 0 Å². The number of anilines is 1. The highest BCUT2D eigenvalue weighted by Gasteiger charge is 2.30. The van der Waals surface area contributed by atoms with E-state index in [1.807, 2.05) is 0 Å². The van der Waals surface area contributed by atoms with E-state index in [-0.39, 0.29) is 16.5 Å². The third kappa shape index (κ3) is 6.52. The standard InChI is InChI=1S/C23H25ClF3N3O3S/c1-3-29-7-9-30(10-8-29)22(34)15-11-18(24)21(19(12-15)32-2)33-14-20(31)28-17-6-4-5-16(13-17)23(25,26)27/h4-6,11-13H,3,7-10,14H2,1-2H3,(H,28,31). The van der Waals surface area contributed by atoms with Crippen LogP contribution in [0.3, 0.4) is 0 Å². The van der Waals surface area contributed by atoms with Gasteiger partial charge in [-0.15, -0.1) is 0 Å². The second kappa shape index (κ2) is 11.2. The lowest BCUT2D eigenvalue weighted by atomic mass is 10.1. The van der Waals surface area contributed by atoms with Gasteiger partial charge >= 0.3 is 6.18 Å². The molecule has 1 aliphatic rings. The first-order chi connectivity index (χ1) is 16.1. The van der Waals surface area contributed by atoms with Crippen molar-refractivity contribution in [2.75, 3.05) is 51.8 Å². The van der Waals surface area contributed by atoms with Crippen LogP contribution in [-0.4, -0.2) is 67.1 Å². The summed E-state index contributed by atoms with van der Waals surface area (Å²) in [6, 6.07) is 7.69. The monoisotopic (exact) mass is 515 g/mol. The predicted octanol–water partition coefficient (Wildman–Crippen LogP) is 4.70. The normalized spacial score (nSPS) is 14.6. The molecule has 184 valence electrons. The predicted molar refractivity (Wildman–Crippen MR) is 129 cm³/mol. The minimum atomic E-state index is -4.51. The van der Waals surface area contributed by atoms with Crippen LogP contribution in [0.4, 0.5) is 18.9 Å². The Morgan fingerprint density at radius 2 is 1.88 bits per heavy atom. The molecule has 1 amide bonds. The van der Waals surface area contributed by atoms with Gasteiger partial charge in [0.25, 0.3) is 5.91 Å². The van der Waals surface area contributed by atoms with Crippen molar-refractivity contribution in [1.82, 2.24) is 9.80 Å². The van der Waals surface area contributed by atoms with Crippen LogP contribution in [0.2, 0.25) is 5.02 Å². The number of benzene rings is 2. The molecule has 3 rings (SSSR count). The number of nitrogens with one attached hydrogen (secondary N) is 1. The first-order valence-electron chi connectivity index (χ1n) is 10.6. The molecule has 1 aliphatic heterocycles. The Hall–Kier alpha value is -2.56. The fraction of sp³-hybridized carbons (Fsp3) is 0.391. The second-order valence-electron chi connectivity index (χ2n) is 7.63. The molecule has 1 heterocycles. The van der Waals surface area contributed by atoms with Crippen LogP contribution in [0, 0.1) is 0 Å². The minimum absolute atomic E-state index is 0.00496. The van der Waals surface area contributed by atoms with Crippen LogP contribution in [0.1, 0.15) is 18.1 Å². The van der Waals surface area contributed by atoms with E-state index >= 15 is 0 Å². The molecule has 2 aromatic rings. The summed E-state index contributed by atoms with van der Waals surface area (Å²) in [4.78, 5) is 17.3. The number of hydrogen-bond donors (Lipinski definition) is 1. The number of hydrogen-bond acceptors (Lipinski definition) is 5. The Balaban J connectivity index is 1.66. The van der Waals surface area contributed by atoms with Crippen molar-refractivity contribution in [3.63, 3.8) is 0 Å². The summed E-state index contributed by atoms with van der Waals surface area (Å²) in [7, 11) is 1.44. The SMILES string of the molecule is CCN1CCN(C(=S)c2cc(Cl)c(OCC(=O)Nc3cccc(C(F)(F)F)c3)c(OC)c2)CC1. The van der Waals surface area contributed by atoms with Crippen molar-refractivity contribution in [2.24, 2.45) is 0 Å². The Labute approximate surface area is 206 Å². The van der Waals surface area contributed by atoms with E-state index in [0.717, 1.165) is 44.9 Å². The van der Waals surface area contributed by atoms with E-state index in [0.29, 0.717) is 16.3 Å². The lowest BCUT2D eigenvalue weighted by Crippen LogP contribution is -2.48. The third-order valence-electron chi connectivity index (χ3n) is 5.40. The van der Waals surface area contributed by atoms with Gasteiger partial charge in [-0.2, -0.15) is 13.2 Å². The van der Waals surface area contributed by atoms with Gasteiger partial charge in [0.05, 0.1) is 17.7 Å². The van der Waals surface area contributed by atoms with Crippen LogP contribution < -0.4 is 14.8 Å². The second-order valence-corrected chi connectivity index (χ2v) is 8.43. The molecular weight excluding hydrogens is 491 g/mol. The number of ether oxygens (including phenoxy) is 2. The van der Waals surface area contributed by atoms with E-state index in [2.05, 4.69) is 22.0 Å². The molecule has 0 unspecified atom stereocenters. The molecule has 0 bridgehead atoms. The molecule has 0 aliphatic carbocycles. The number of thiocarbonyl (C=S) groups is 1. The summed E-state index contributed by atoms with van der Waals surface area (Å²) >= 11 is 12.1. The van der Waals surface area contributed by atoms with E-state index in [1.54, 1.807) is 12.1 Å². The number of halogens is 4. The van der Waals surface area contributed by atoms with Crippen molar-refractivity contribution in [2.45, 2.75) is 13.1 Å². The van der Waals surface area contributed by atoms with Crippen molar-refractivity contribution in [3.8, 4) is 11.5 Å². The van der Waals surface area contributed by atoms with Gasteiger partial charge in [0, 0.05) is 37.4 Å². The molecule has 6 nitrogen and oxygen atoms in total. The highest BCUT2D eigenvalue weighted by molar-refractivity contribution is 7.80. The molecule has 2 aromatic carbocycles. The van der Waals surface area contributed by atoms with Gasteiger partial charge in [0.15, 0.2) is 18.1 Å². The first kappa shape index (κ1) is 26.1. The molecular formula is C23H25ClF3N3O3S. The van der Waals surface area contributed by atoms with Gasteiger partial charge in [0.2, 0.25) is 0 Å². The average Bonchev–Trinajstić information content (AvgIpc) is 2.82. The van der Waals surface area contributed by atoms with Crippen LogP contribution in [0.25, 0.3) is 0 Å². The first-order valence-corrected chi connectivity index (χ1v) is 11.4. The fourth-order valence-corrected chi connectivity index (χ4v) is 4.11. The number of rotatable bonds is 7. The molecule has 1 saturated heterocycles. The van der Waals surface area contributed by atoms with Crippen LogP contribution in [-0.2, 0) is 11.0 Å². The topological polar surface area (TPSA) is 54.0 Å². The summed E-state index contributed by atoms with van der Waals surface area (Å²) in [6.07, 6.45) is -4.51. The van der Waals surface area contributed by atoms with E-state index in [9.17, 15) is 18.0 Å². The Bertz CT molecular complexity index is 1040. The minimum Gasteiger partial charge on any atom is -0.493 e. The summed E-state index contributed by atoms with van der Waals surface area (Å²) in [5.41, 5.74) is -0.161. The average molecular weight is 516 g/mol. The largest absolute Gasteiger partial charge is 0.493 e. The molecule has 0 saturated carbocycles. The zero-order valence-electron chi connectivity index (χ0n) is 18.7. The number of carbonyl (C=O) groups excluding carboxylic acids is 1. The number of likely N-dealkylation sites (N-methyl/N-ethyl adjacent to an activating group) is 1. The fourth-order valence-electron chi connectivity index (χ4n) is 3.54. The molecule has 1 N–H and O–H groups in total. The van der Waals surface area contributed by atoms with Crippen LogP contribution >= 0.6 is 23.8 Å². The molecule has 0 aromatic heterocycles. The summed E-state index contributed by atoms with van der Waals surface area (Å²) in [5, 5.41) is 2.59. The lowest BCUT2D eigenvalue weighted by Gasteiger charge is -2.35. The van der Waals surface area contributed by atoms with Gasteiger partial charge < -0.3 is 24.6 Å². The highest BCUT2D eigenvalue weighted by Crippen LogP contribution is 2.37. The quantitative estimate of drug-likeness (QED) is 0.540. The lowest BCUT2D eigenvalue weighted by molar-refractivity contribution is -0.137. The Kier molecular flexibility index (Phi) is 8.62. The number of amides is 1. The zero-order valence-corrected chi connectivity index (χ0v) is 20.3. The highest BCUT2D eigenvalue weighted by atomic mass is 35.5. The molecule has 1 fully saturated rings. The van der Waals surface area contributed by atoms with Crippen LogP contribution in [0.5, 0.6) is 11.5 Å². The van der Waals surface area contributed by atoms with Gasteiger partial charge in [-0.25, -0.2) is 0 Å². The number of nitrogens with zero attached hydrogens (tertiary/aromatic N) is 2. The molecule has 0 atom stereocenters. The maximum absolute atomic E-state index is 12.9. The summed E-state index contributed by atoms with van der Waals surface area (Å²) < 4.78 is 49.5. The summed E-state index contributed by atoms with van der Waals surface area (Å²) in [5.74, 6) is -0.208. The van der Waals surface area contributed by atoms with Crippen molar-refractivity contribution in [3.05, 3.63) is 52.5 Å². The van der Waals surface area contributed by atoms with E-state index in [4.69, 9.17) is 33.3 Å². The van der Waals surface area contributed by atoms with Gasteiger partial charge in [-0.05, 0) is 36.9 Å². The van der Waals surface area contributed by atoms with Gasteiger partial charge in [0.1, 0.15) is 4.99 Å². The smallest absolute Gasteiger partial charge is 0.416 e. The van der Waals surface area contributed by atoms with Crippen LogP contribution in [0.15, 0.2) is 36.4 Å². The van der Waals surface area contributed by atoms with Gasteiger partial charge in [-0.3, -0.25) is 4.79 Å². The van der Waals surface area contributed by atoms with Gasteiger partial charge in [-0.1, -0.05) is 36.8 Å². The van der Waals surface area contributed by atoms with E-state index < -0.39 is 24.3 Å². The summed E-state index contributed by atoms with van der Waals surface area (Å²) in [6.45, 7) is 6.09.